The second kappa shape index (κ2) is 13.5. The molecule has 1 saturated heterocycles. The van der Waals surface area contributed by atoms with Crippen LogP contribution in [-0.2, 0) is 14.9 Å². The van der Waals surface area contributed by atoms with Crippen LogP contribution in [0, 0.1) is 6.92 Å². The van der Waals surface area contributed by atoms with E-state index in [0.717, 1.165) is 62.0 Å². The molecule has 5 heteroatoms. The minimum absolute atomic E-state index is 0.00123. The van der Waals surface area contributed by atoms with Crippen molar-refractivity contribution in [2.45, 2.75) is 83.8 Å². The van der Waals surface area contributed by atoms with Gasteiger partial charge in [-0.25, -0.2) is 0 Å². The molecule has 218 valence electrons. The highest BCUT2D eigenvalue weighted by Gasteiger charge is 2.32. The average Bonchev–Trinajstić information content (AvgIpc) is 2.93. The summed E-state index contributed by atoms with van der Waals surface area (Å²) >= 11 is 0. The average molecular weight is 555 g/mol. The lowest BCUT2D eigenvalue weighted by molar-refractivity contribution is -0.156. The molecule has 1 fully saturated rings. The zero-order chi connectivity index (χ0) is 29.5. The highest BCUT2D eigenvalue weighted by Crippen LogP contribution is 2.34. The molecule has 1 aliphatic heterocycles. The van der Waals surface area contributed by atoms with E-state index in [0.29, 0.717) is 6.42 Å². The van der Waals surface area contributed by atoms with Gasteiger partial charge in [-0.1, -0.05) is 85.3 Å². The molecule has 0 aliphatic carbocycles. The summed E-state index contributed by atoms with van der Waals surface area (Å²) in [6.07, 6.45) is 4.14. The fraction of sp³-hybridized carbons (Fsp3) is 0.444. The summed E-state index contributed by atoms with van der Waals surface area (Å²) in [6, 6.07) is 26.7. The molecule has 0 aromatic heterocycles. The Morgan fingerprint density at radius 1 is 0.902 bits per heavy atom. The van der Waals surface area contributed by atoms with E-state index in [4.69, 9.17) is 4.74 Å². The van der Waals surface area contributed by atoms with Crippen LogP contribution in [0.4, 0.5) is 0 Å². The zero-order valence-electron chi connectivity index (χ0n) is 25.4. The Kier molecular flexibility index (Phi) is 10.0. The number of nitrogens with zero attached hydrogens (tertiary/aromatic N) is 1. The molecule has 0 radical (unpaired) electrons. The monoisotopic (exact) mass is 554 g/mol. The third-order valence-electron chi connectivity index (χ3n) is 8.05. The van der Waals surface area contributed by atoms with Crippen LogP contribution in [0.15, 0.2) is 78.9 Å². The first kappa shape index (κ1) is 30.5. The van der Waals surface area contributed by atoms with Crippen LogP contribution in [-0.4, -0.2) is 48.1 Å². The van der Waals surface area contributed by atoms with Crippen molar-refractivity contribution in [3.63, 3.8) is 0 Å². The van der Waals surface area contributed by atoms with Crippen LogP contribution >= 0.6 is 0 Å². The maximum atomic E-state index is 13.3. The van der Waals surface area contributed by atoms with Gasteiger partial charge in [0.05, 0.1) is 6.42 Å². The molecular weight excluding hydrogens is 508 g/mol. The molecule has 0 bridgehead atoms. The van der Waals surface area contributed by atoms with E-state index in [1.807, 2.05) is 69.3 Å². The van der Waals surface area contributed by atoms with Gasteiger partial charge >= 0.3 is 5.97 Å². The fourth-order valence-corrected chi connectivity index (χ4v) is 5.87. The third-order valence-corrected chi connectivity index (χ3v) is 8.05. The van der Waals surface area contributed by atoms with Gasteiger partial charge < -0.3 is 15.0 Å². The van der Waals surface area contributed by atoms with Gasteiger partial charge in [-0.15, -0.1) is 0 Å². The molecule has 1 amide bonds. The summed E-state index contributed by atoms with van der Waals surface area (Å²) < 4.78 is 5.68. The first-order valence-corrected chi connectivity index (χ1v) is 15.0. The normalized spacial score (nSPS) is 16.1. The molecule has 1 heterocycles. The minimum Gasteiger partial charge on any atom is -0.460 e. The zero-order valence-corrected chi connectivity index (χ0v) is 25.4. The Hall–Kier alpha value is -3.44. The smallest absolute Gasteiger partial charge is 0.307 e. The van der Waals surface area contributed by atoms with Gasteiger partial charge in [0.25, 0.3) is 5.91 Å². The number of ether oxygens (including phenoxy) is 1. The van der Waals surface area contributed by atoms with Gasteiger partial charge in [0, 0.05) is 30.1 Å². The van der Waals surface area contributed by atoms with Crippen molar-refractivity contribution in [2.24, 2.45) is 0 Å². The van der Waals surface area contributed by atoms with Gasteiger partial charge in [-0.05, 0) is 82.7 Å². The topological polar surface area (TPSA) is 58.6 Å². The number of amides is 1. The summed E-state index contributed by atoms with van der Waals surface area (Å²) in [5.41, 5.74) is 4.36. The number of carbonyl (C=O) groups is 2. The lowest BCUT2D eigenvalue weighted by Gasteiger charge is -2.34. The minimum atomic E-state index is -0.489. The van der Waals surface area contributed by atoms with Gasteiger partial charge in [0.2, 0.25) is 0 Å². The highest BCUT2D eigenvalue weighted by atomic mass is 16.6. The van der Waals surface area contributed by atoms with Crippen molar-refractivity contribution in [1.29, 1.82) is 0 Å². The van der Waals surface area contributed by atoms with E-state index in [1.54, 1.807) is 0 Å². The molecule has 1 N–H and O–H groups in total. The molecular formula is C36H46N2O3. The number of likely N-dealkylation sites (tertiary alicyclic amines) is 1. The number of benzene rings is 3. The van der Waals surface area contributed by atoms with Crippen molar-refractivity contribution >= 4 is 11.9 Å². The van der Waals surface area contributed by atoms with Crippen molar-refractivity contribution < 1.29 is 14.3 Å². The molecule has 41 heavy (non-hydrogen) atoms. The second-order valence-corrected chi connectivity index (χ2v) is 12.8. The number of hydrogen-bond donors (Lipinski definition) is 1. The van der Waals surface area contributed by atoms with Gasteiger partial charge in [0.1, 0.15) is 5.60 Å². The standard InChI is InChI=1S/C36H46N2O3/c1-27-13-11-14-28(25-27)31-17-9-10-18-32(31)34(40)37-30-19-23-38(24-20-30)22-12-21-36(5,29-15-7-6-8-16-29)26-33(39)41-35(2,3)4/h6-11,13-18,25,30H,12,19-24,26H2,1-5H3,(H,37,40). The van der Waals surface area contributed by atoms with Crippen LogP contribution in [0.5, 0.6) is 0 Å². The Labute approximate surface area is 246 Å². The first-order valence-electron chi connectivity index (χ1n) is 15.0. The molecule has 3 aromatic carbocycles. The van der Waals surface area contributed by atoms with E-state index in [9.17, 15) is 9.59 Å². The highest BCUT2D eigenvalue weighted by molar-refractivity contribution is 6.01. The SMILES string of the molecule is Cc1cccc(-c2ccccc2C(=O)NC2CCN(CCCC(C)(CC(=O)OC(C)(C)C)c3ccccc3)CC2)c1. The Bertz CT molecular complexity index is 1310. The molecule has 0 saturated carbocycles. The molecule has 5 nitrogen and oxygen atoms in total. The number of nitrogens with one attached hydrogen (secondary N) is 1. The van der Waals surface area contributed by atoms with E-state index in [2.05, 4.69) is 54.4 Å². The number of aryl methyl sites for hydroxylation is 1. The summed E-state index contributed by atoms with van der Waals surface area (Å²) in [5.74, 6) is -0.147. The summed E-state index contributed by atoms with van der Waals surface area (Å²) in [7, 11) is 0. The molecule has 4 rings (SSSR count). The van der Waals surface area contributed by atoms with E-state index >= 15 is 0 Å². The molecule has 3 aromatic rings. The summed E-state index contributed by atoms with van der Waals surface area (Å²) in [4.78, 5) is 28.6. The van der Waals surface area contributed by atoms with E-state index in [1.165, 1.54) is 11.1 Å². The number of carbonyl (C=O) groups excluding carboxylic acids is 2. The maximum absolute atomic E-state index is 13.3. The van der Waals surface area contributed by atoms with Crippen LogP contribution in [0.3, 0.4) is 0 Å². The Balaban J connectivity index is 1.29. The van der Waals surface area contributed by atoms with Crippen LogP contribution in [0.25, 0.3) is 11.1 Å². The quantitative estimate of drug-likeness (QED) is 0.267. The van der Waals surface area contributed by atoms with Crippen molar-refractivity contribution in [2.75, 3.05) is 19.6 Å². The second-order valence-electron chi connectivity index (χ2n) is 12.8. The molecule has 1 atom stereocenters. The van der Waals surface area contributed by atoms with Gasteiger partial charge in [0.15, 0.2) is 0 Å². The Morgan fingerprint density at radius 2 is 1.59 bits per heavy atom. The summed E-state index contributed by atoms with van der Waals surface area (Å²) in [5, 5.41) is 3.31. The van der Waals surface area contributed by atoms with Crippen molar-refractivity contribution in [3.8, 4) is 11.1 Å². The summed E-state index contributed by atoms with van der Waals surface area (Å²) in [6.45, 7) is 12.9. The predicted molar refractivity (Wildman–Crippen MR) is 167 cm³/mol. The molecule has 1 aliphatic rings. The van der Waals surface area contributed by atoms with E-state index < -0.39 is 5.60 Å². The third kappa shape index (κ3) is 8.77. The van der Waals surface area contributed by atoms with Crippen LogP contribution in [0.1, 0.15) is 81.3 Å². The van der Waals surface area contributed by atoms with Crippen molar-refractivity contribution in [1.82, 2.24) is 10.2 Å². The van der Waals surface area contributed by atoms with Crippen molar-refractivity contribution in [3.05, 3.63) is 95.6 Å². The number of esters is 1. The maximum Gasteiger partial charge on any atom is 0.307 e. The van der Waals surface area contributed by atoms with Gasteiger partial charge in [-0.2, -0.15) is 0 Å². The molecule has 0 spiro atoms. The predicted octanol–water partition coefficient (Wildman–Crippen LogP) is 7.33. The Morgan fingerprint density at radius 3 is 2.27 bits per heavy atom. The van der Waals surface area contributed by atoms with Crippen LogP contribution in [0.2, 0.25) is 0 Å². The first-order chi connectivity index (χ1) is 19.5. The number of piperidine rings is 1. The van der Waals surface area contributed by atoms with E-state index in [-0.39, 0.29) is 23.3 Å². The lowest BCUT2D eigenvalue weighted by atomic mass is 9.75. The molecule has 1 unspecified atom stereocenters. The fourth-order valence-electron chi connectivity index (χ4n) is 5.87. The number of rotatable bonds is 10. The largest absolute Gasteiger partial charge is 0.460 e. The van der Waals surface area contributed by atoms with Crippen LogP contribution < -0.4 is 5.32 Å². The lowest BCUT2D eigenvalue weighted by Crippen LogP contribution is -2.45. The number of hydrogen-bond acceptors (Lipinski definition) is 4. The van der Waals surface area contributed by atoms with Gasteiger partial charge in [-0.3, -0.25) is 9.59 Å².